The third kappa shape index (κ3) is 5.68. The van der Waals surface area contributed by atoms with Gasteiger partial charge in [0.25, 0.3) is 5.91 Å². The Hall–Kier alpha value is -3.76. The summed E-state index contributed by atoms with van der Waals surface area (Å²) in [6.07, 6.45) is 0. The van der Waals surface area contributed by atoms with E-state index in [9.17, 15) is 14.0 Å². The number of halogens is 2. The molecular formula is C21H20ClFN6O3. The largest absolute Gasteiger partial charge is 0.454 e. The first-order valence-corrected chi connectivity index (χ1v) is 9.77. The molecule has 3 rings (SSSR count). The van der Waals surface area contributed by atoms with Crippen LogP contribution in [0.2, 0.25) is 5.02 Å². The maximum atomic E-state index is 13.9. The summed E-state index contributed by atoms with van der Waals surface area (Å²) in [4.78, 5) is 31.9. The molecule has 166 valence electrons. The average Bonchev–Trinajstić information content (AvgIpc) is 2.75. The molecule has 0 aliphatic rings. The van der Waals surface area contributed by atoms with E-state index in [1.807, 2.05) is 0 Å². The van der Waals surface area contributed by atoms with E-state index in [1.165, 1.54) is 18.2 Å². The second-order valence-electron chi connectivity index (χ2n) is 6.68. The van der Waals surface area contributed by atoms with E-state index in [-0.39, 0.29) is 34.7 Å². The SMILES string of the molecule is CNCC(Nc1cc(C(N)=O)nc(-c2ccc(Oc3ccc(Cl)cc3F)cc2)n1)C(N)=O. The quantitative estimate of drug-likeness (QED) is 0.385. The summed E-state index contributed by atoms with van der Waals surface area (Å²) < 4.78 is 19.5. The molecule has 0 aliphatic carbocycles. The number of carbonyl (C=O) groups excluding carboxylic acids is 2. The Morgan fingerprint density at radius 2 is 1.84 bits per heavy atom. The first-order valence-electron chi connectivity index (χ1n) is 9.39. The number of ether oxygens (including phenoxy) is 1. The molecule has 32 heavy (non-hydrogen) atoms. The monoisotopic (exact) mass is 458 g/mol. The first-order chi connectivity index (χ1) is 15.3. The second-order valence-corrected chi connectivity index (χ2v) is 7.12. The van der Waals surface area contributed by atoms with Crippen LogP contribution in [-0.4, -0.2) is 41.4 Å². The van der Waals surface area contributed by atoms with Crippen molar-refractivity contribution in [3.05, 3.63) is 65.1 Å². The molecule has 0 saturated heterocycles. The van der Waals surface area contributed by atoms with Gasteiger partial charge in [-0.15, -0.1) is 0 Å². The summed E-state index contributed by atoms with van der Waals surface area (Å²) >= 11 is 5.75. The lowest BCUT2D eigenvalue weighted by Gasteiger charge is -2.16. The van der Waals surface area contributed by atoms with Gasteiger partial charge in [0.05, 0.1) is 0 Å². The standard InChI is InChI=1S/C21H20ClFN6O3/c1-26-10-16(20(25)31)27-18-9-15(19(24)30)28-21(29-18)11-2-5-13(6-3-11)32-17-7-4-12(22)8-14(17)23/h2-9,16,26H,10H2,1H3,(H2,24,30)(H2,25,31)(H,27,28,29). The van der Waals surface area contributed by atoms with Crippen LogP contribution in [0.15, 0.2) is 48.5 Å². The molecule has 1 aromatic heterocycles. The number of primary amides is 2. The highest BCUT2D eigenvalue weighted by molar-refractivity contribution is 6.30. The lowest BCUT2D eigenvalue weighted by Crippen LogP contribution is -2.42. The molecule has 0 aliphatic heterocycles. The van der Waals surface area contributed by atoms with Crippen molar-refractivity contribution in [2.75, 3.05) is 18.9 Å². The number of nitrogens with two attached hydrogens (primary N) is 2. The number of benzene rings is 2. The van der Waals surface area contributed by atoms with Crippen molar-refractivity contribution in [3.8, 4) is 22.9 Å². The molecule has 3 aromatic rings. The number of anilines is 1. The first kappa shape index (κ1) is 22.9. The Labute approximate surface area is 187 Å². The van der Waals surface area contributed by atoms with Crippen molar-refractivity contribution in [2.24, 2.45) is 11.5 Å². The fourth-order valence-corrected chi connectivity index (χ4v) is 2.90. The number of hydrogen-bond donors (Lipinski definition) is 4. The van der Waals surface area contributed by atoms with Crippen LogP contribution in [0.25, 0.3) is 11.4 Å². The Balaban J connectivity index is 1.88. The topological polar surface area (TPSA) is 145 Å². The smallest absolute Gasteiger partial charge is 0.267 e. The van der Waals surface area contributed by atoms with Crippen LogP contribution in [0.4, 0.5) is 10.2 Å². The van der Waals surface area contributed by atoms with E-state index in [2.05, 4.69) is 20.6 Å². The number of likely N-dealkylation sites (N-methyl/N-ethyl adjacent to an activating group) is 1. The van der Waals surface area contributed by atoms with Crippen LogP contribution in [-0.2, 0) is 4.79 Å². The summed E-state index contributed by atoms with van der Waals surface area (Å²) in [5.41, 5.74) is 11.3. The van der Waals surface area contributed by atoms with Gasteiger partial charge in [0.15, 0.2) is 17.4 Å². The van der Waals surface area contributed by atoms with Gasteiger partial charge < -0.3 is 26.8 Å². The molecule has 0 bridgehead atoms. The number of carbonyl (C=O) groups is 2. The molecule has 0 saturated carbocycles. The van der Waals surface area contributed by atoms with Gasteiger partial charge in [-0.3, -0.25) is 9.59 Å². The molecule has 1 unspecified atom stereocenters. The van der Waals surface area contributed by atoms with E-state index in [0.29, 0.717) is 11.3 Å². The highest BCUT2D eigenvalue weighted by atomic mass is 35.5. The van der Waals surface area contributed by atoms with Crippen molar-refractivity contribution in [2.45, 2.75) is 6.04 Å². The van der Waals surface area contributed by atoms with Crippen molar-refractivity contribution in [1.29, 1.82) is 0 Å². The molecular weight excluding hydrogens is 439 g/mol. The molecule has 1 heterocycles. The van der Waals surface area contributed by atoms with Crippen LogP contribution in [0.3, 0.4) is 0 Å². The zero-order chi connectivity index (χ0) is 23.3. The average molecular weight is 459 g/mol. The maximum absolute atomic E-state index is 13.9. The number of nitrogens with zero attached hydrogens (tertiary/aromatic N) is 2. The predicted octanol–water partition coefficient (Wildman–Crippen LogP) is 2.31. The summed E-state index contributed by atoms with van der Waals surface area (Å²) in [5, 5.41) is 5.97. The summed E-state index contributed by atoms with van der Waals surface area (Å²) in [5.74, 6) is -1.20. The fraction of sp³-hybridized carbons (Fsp3) is 0.143. The highest BCUT2D eigenvalue weighted by Gasteiger charge is 2.17. The van der Waals surface area contributed by atoms with Gasteiger partial charge in [-0.2, -0.15) is 0 Å². The molecule has 0 spiro atoms. The van der Waals surface area contributed by atoms with Crippen molar-refractivity contribution in [3.63, 3.8) is 0 Å². The lowest BCUT2D eigenvalue weighted by atomic mass is 10.2. The Kier molecular flexibility index (Phi) is 7.18. The number of aromatic nitrogens is 2. The third-order valence-corrected chi connectivity index (χ3v) is 4.52. The molecule has 9 nitrogen and oxygen atoms in total. The Bertz CT molecular complexity index is 1140. The van der Waals surface area contributed by atoms with E-state index in [1.54, 1.807) is 31.3 Å². The minimum Gasteiger partial charge on any atom is -0.454 e. The van der Waals surface area contributed by atoms with Gasteiger partial charge >= 0.3 is 0 Å². The number of amides is 2. The van der Waals surface area contributed by atoms with Crippen molar-refractivity contribution in [1.82, 2.24) is 15.3 Å². The molecule has 0 fully saturated rings. The Morgan fingerprint density at radius 3 is 2.44 bits per heavy atom. The van der Waals surface area contributed by atoms with Gasteiger partial charge in [0.2, 0.25) is 5.91 Å². The van der Waals surface area contributed by atoms with E-state index >= 15 is 0 Å². The number of hydrogen-bond acceptors (Lipinski definition) is 7. The molecule has 0 radical (unpaired) electrons. The highest BCUT2D eigenvalue weighted by Crippen LogP contribution is 2.28. The zero-order valence-corrected chi connectivity index (χ0v) is 17.7. The fourth-order valence-electron chi connectivity index (χ4n) is 2.74. The van der Waals surface area contributed by atoms with Crippen molar-refractivity contribution < 1.29 is 18.7 Å². The van der Waals surface area contributed by atoms with Crippen LogP contribution >= 0.6 is 11.6 Å². The zero-order valence-electron chi connectivity index (χ0n) is 16.9. The van der Waals surface area contributed by atoms with Crippen LogP contribution in [0.5, 0.6) is 11.5 Å². The lowest BCUT2D eigenvalue weighted by molar-refractivity contribution is -0.118. The second kappa shape index (κ2) is 10.0. The van der Waals surface area contributed by atoms with Crippen LogP contribution in [0.1, 0.15) is 10.5 Å². The maximum Gasteiger partial charge on any atom is 0.267 e. The van der Waals surface area contributed by atoms with Crippen LogP contribution < -0.4 is 26.8 Å². The van der Waals surface area contributed by atoms with Crippen molar-refractivity contribution >= 4 is 29.2 Å². The van der Waals surface area contributed by atoms with E-state index in [0.717, 1.165) is 6.07 Å². The minimum atomic E-state index is -0.770. The van der Waals surface area contributed by atoms with E-state index < -0.39 is 23.7 Å². The van der Waals surface area contributed by atoms with Gasteiger partial charge in [-0.1, -0.05) is 11.6 Å². The summed E-state index contributed by atoms with van der Waals surface area (Å²) in [7, 11) is 1.66. The van der Waals surface area contributed by atoms with Crippen LogP contribution in [0, 0.1) is 5.82 Å². The Morgan fingerprint density at radius 1 is 1.12 bits per heavy atom. The predicted molar refractivity (Wildman–Crippen MR) is 118 cm³/mol. The number of nitrogens with one attached hydrogen (secondary N) is 2. The molecule has 1 atom stereocenters. The number of rotatable bonds is 9. The van der Waals surface area contributed by atoms with Gasteiger partial charge in [-0.25, -0.2) is 14.4 Å². The van der Waals surface area contributed by atoms with Gasteiger partial charge in [-0.05, 0) is 49.5 Å². The summed E-state index contributed by atoms with van der Waals surface area (Å²) in [6, 6.07) is 11.1. The molecule has 2 amide bonds. The van der Waals surface area contributed by atoms with E-state index in [4.69, 9.17) is 27.8 Å². The summed E-state index contributed by atoms with van der Waals surface area (Å²) in [6.45, 7) is 0.244. The van der Waals surface area contributed by atoms with Gasteiger partial charge in [0, 0.05) is 23.2 Å². The third-order valence-electron chi connectivity index (χ3n) is 4.29. The molecule has 6 N–H and O–H groups in total. The normalized spacial score (nSPS) is 11.6. The minimum absolute atomic E-state index is 0.0163. The molecule has 11 heteroatoms. The van der Waals surface area contributed by atoms with Gasteiger partial charge in [0.1, 0.15) is 23.3 Å². The molecule has 2 aromatic carbocycles.